The van der Waals surface area contributed by atoms with E-state index in [1.165, 1.54) is 0 Å². The summed E-state index contributed by atoms with van der Waals surface area (Å²) in [4.78, 5) is 4.94. The van der Waals surface area contributed by atoms with Gasteiger partial charge in [-0.1, -0.05) is 18.6 Å². The van der Waals surface area contributed by atoms with Crippen molar-refractivity contribution in [2.45, 2.75) is 44.0 Å². The zero-order chi connectivity index (χ0) is 20.5. The van der Waals surface area contributed by atoms with E-state index in [4.69, 9.17) is 4.42 Å². The van der Waals surface area contributed by atoms with Gasteiger partial charge >= 0.3 is 0 Å². The molecule has 0 aliphatic carbocycles. The van der Waals surface area contributed by atoms with Gasteiger partial charge in [0, 0.05) is 32.6 Å². The number of guanidine groups is 1. The van der Waals surface area contributed by atoms with Crippen LogP contribution in [0.4, 0.5) is 0 Å². The SMILES string of the molecule is CCNC(=NCc1cccc(S(=O)(=O)N2CCCCC2)c1)NCCc1ccco1. The summed E-state index contributed by atoms with van der Waals surface area (Å²) < 4.78 is 32.7. The molecule has 8 heteroatoms. The third-order valence-corrected chi connectivity index (χ3v) is 6.75. The van der Waals surface area contributed by atoms with Gasteiger partial charge in [-0.25, -0.2) is 13.4 Å². The van der Waals surface area contributed by atoms with Crippen LogP contribution in [0.1, 0.15) is 37.5 Å². The molecule has 1 aromatic heterocycles. The Morgan fingerprint density at radius 3 is 2.69 bits per heavy atom. The molecule has 0 spiro atoms. The molecule has 0 radical (unpaired) electrons. The lowest BCUT2D eigenvalue weighted by molar-refractivity contribution is 0.346. The van der Waals surface area contributed by atoms with Gasteiger partial charge < -0.3 is 15.1 Å². The average Bonchev–Trinajstić information content (AvgIpc) is 3.26. The number of benzene rings is 1. The van der Waals surface area contributed by atoms with Crippen molar-refractivity contribution in [1.29, 1.82) is 0 Å². The average molecular weight is 419 g/mol. The second-order valence-electron chi connectivity index (χ2n) is 7.06. The normalized spacial score (nSPS) is 16.0. The summed E-state index contributed by atoms with van der Waals surface area (Å²) in [5.41, 5.74) is 0.867. The number of nitrogens with one attached hydrogen (secondary N) is 2. The summed E-state index contributed by atoms with van der Waals surface area (Å²) in [6, 6.07) is 10.9. The van der Waals surface area contributed by atoms with E-state index in [1.807, 2.05) is 25.1 Å². The van der Waals surface area contributed by atoms with E-state index in [2.05, 4.69) is 15.6 Å². The molecule has 1 aliphatic heterocycles. The number of hydrogen-bond donors (Lipinski definition) is 2. The first kappa shape index (κ1) is 21.4. The van der Waals surface area contributed by atoms with E-state index in [9.17, 15) is 8.42 Å². The molecule has 2 N–H and O–H groups in total. The Balaban J connectivity index is 1.63. The maximum absolute atomic E-state index is 12.9. The quantitative estimate of drug-likeness (QED) is 0.508. The molecular weight excluding hydrogens is 388 g/mol. The van der Waals surface area contributed by atoms with E-state index in [0.29, 0.717) is 37.0 Å². The van der Waals surface area contributed by atoms with Crippen molar-refractivity contribution in [1.82, 2.24) is 14.9 Å². The van der Waals surface area contributed by atoms with Crippen LogP contribution in [0.2, 0.25) is 0 Å². The highest BCUT2D eigenvalue weighted by atomic mass is 32.2. The Morgan fingerprint density at radius 1 is 1.14 bits per heavy atom. The lowest BCUT2D eigenvalue weighted by Crippen LogP contribution is -2.38. The van der Waals surface area contributed by atoms with Crippen molar-refractivity contribution < 1.29 is 12.8 Å². The van der Waals surface area contributed by atoms with Gasteiger partial charge in [0.15, 0.2) is 5.96 Å². The smallest absolute Gasteiger partial charge is 0.243 e. The van der Waals surface area contributed by atoms with Crippen molar-refractivity contribution in [2.75, 3.05) is 26.2 Å². The number of nitrogens with zero attached hydrogens (tertiary/aromatic N) is 2. The summed E-state index contributed by atoms with van der Waals surface area (Å²) in [5.74, 6) is 1.62. The standard InChI is InChI=1S/C21H30N4O3S/c1-2-22-21(23-12-11-19-9-7-15-28-19)24-17-18-8-6-10-20(16-18)29(26,27)25-13-4-3-5-14-25/h6-10,15-16H,2-5,11-14,17H2,1H3,(H2,22,23,24). The monoisotopic (exact) mass is 418 g/mol. The van der Waals surface area contributed by atoms with Crippen molar-refractivity contribution >= 4 is 16.0 Å². The zero-order valence-corrected chi connectivity index (χ0v) is 17.7. The van der Waals surface area contributed by atoms with Gasteiger partial charge in [-0.2, -0.15) is 4.31 Å². The van der Waals surface area contributed by atoms with Crippen LogP contribution in [0.15, 0.2) is 57.0 Å². The Morgan fingerprint density at radius 2 is 1.97 bits per heavy atom. The van der Waals surface area contributed by atoms with E-state index in [-0.39, 0.29) is 0 Å². The van der Waals surface area contributed by atoms with Crippen molar-refractivity contribution in [3.63, 3.8) is 0 Å². The van der Waals surface area contributed by atoms with Crippen molar-refractivity contribution in [3.8, 4) is 0 Å². The minimum absolute atomic E-state index is 0.350. The van der Waals surface area contributed by atoms with Crippen LogP contribution < -0.4 is 10.6 Å². The minimum Gasteiger partial charge on any atom is -0.469 e. The third-order valence-electron chi connectivity index (χ3n) is 4.86. The fraction of sp³-hybridized carbons (Fsp3) is 0.476. The molecule has 0 atom stereocenters. The third kappa shape index (κ3) is 6.08. The molecule has 0 saturated carbocycles. The molecule has 3 rings (SSSR count). The first-order valence-corrected chi connectivity index (χ1v) is 11.7. The second-order valence-corrected chi connectivity index (χ2v) is 9.00. The van der Waals surface area contributed by atoms with Gasteiger partial charge in [-0.05, 0) is 49.6 Å². The van der Waals surface area contributed by atoms with Gasteiger partial charge in [-0.15, -0.1) is 0 Å². The Bertz CT molecular complexity index is 888. The summed E-state index contributed by atoms with van der Waals surface area (Å²) in [7, 11) is -3.43. The van der Waals surface area contributed by atoms with Gasteiger partial charge in [0.25, 0.3) is 0 Å². The topological polar surface area (TPSA) is 86.9 Å². The number of rotatable bonds is 8. The number of hydrogen-bond acceptors (Lipinski definition) is 4. The number of aliphatic imine (C=N–C) groups is 1. The Labute approximate surface area is 173 Å². The highest BCUT2D eigenvalue weighted by Crippen LogP contribution is 2.21. The molecule has 0 bridgehead atoms. The highest BCUT2D eigenvalue weighted by Gasteiger charge is 2.25. The minimum atomic E-state index is -3.43. The maximum atomic E-state index is 12.9. The Hall–Kier alpha value is -2.32. The van der Waals surface area contributed by atoms with Gasteiger partial charge in [0.2, 0.25) is 10.0 Å². The predicted octanol–water partition coefficient (Wildman–Crippen LogP) is 2.75. The first-order chi connectivity index (χ1) is 14.1. The number of piperidine rings is 1. The summed E-state index contributed by atoms with van der Waals surface area (Å²) in [6.45, 7) is 5.07. The molecule has 1 aliphatic rings. The fourth-order valence-electron chi connectivity index (χ4n) is 3.33. The molecular formula is C21H30N4O3S. The molecule has 158 valence electrons. The zero-order valence-electron chi connectivity index (χ0n) is 16.9. The lowest BCUT2D eigenvalue weighted by atomic mass is 10.2. The molecule has 1 aromatic carbocycles. The van der Waals surface area contributed by atoms with Crippen LogP contribution in [0.3, 0.4) is 0 Å². The van der Waals surface area contributed by atoms with E-state index >= 15 is 0 Å². The van der Waals surface area contributed by atoms with E-state index in [1.54, 1.807) is 28.8 Å². The van der Waals surface area contributed by atoms with Crippen LogP contribution >= 0.6 is 0 Å². The molecule has 0 unspecified atom stereocenters. The molecule has 2 aromatic rings. The molecule has 29 heavy (non-hydrogen) atoms. The molecule has 1 saturated heterocycles. The van der Waals surface area contributed by atoms with Crippen LogP contribution in [-0.2, 0) is 23.0 Å². The summed E-state index contributed by atoms with van der Waals surface area (Å²) in [6.07, 6.45) is 5.39. The van der Waals surface area contributed by atoms with Gasteiger partial charge in [-0.3, -0.25) is 0 Å². The largest absolute Gasteiger partial charge is 0.469 e. The van der Waals surface area contributed by atoms with Crippen LogP contribution in [0, 0.1) is 0 Å². The highest BCUT2D eigenvalue weighted by molar-refractivity contribution is 7.89. The Kier molecular flexibility index (Phi) is 7.71. The number of sulfonamides is 1. The first-order valence-electron chi connectivity index (χ1n) is 10.2. The van der Waals surface area contributed by atoms with Gasteiger partial charge in [0.05, 0.1) is 17.7 Å². The maximum Gasteiger partial charge on any atom is 0.243 e. The molecule has 2 heterocycles. The summed E-state index contributed by atoms with van der Waals surface area (Å²) in [5, 5.41) is 6.49. The number of furan rings is 1. The van der Waals surface area contributed by atoms with Crippen LogP contribution in [0.25, 0.3) is 0 Å². The van der Waals surface area contributed by atoms with Crippen LogP contribution in [0.5, 0.6) is 0 Å². The van der Waals surface area contributed by atoms with E-state index < -0.39 is 10.0 Å². The lowest BCUT2D eigenvalue weighted by Gasteiger charge is -2.26. The van der Waals surface area contributed by atoms with E-state index in [0.717, 1.165) is 43.6 Å². The molecule has 0 amide bonds. The second kappa shape index (κ2) is 10.5. The summed E-state index contributed by atoms with van der Waals surface area (Å²) >= 11 is 0. The molecule has 7 nitrogen and oxygen atoms in total. The van der Waals surface area contributed by atoms with Gasteiger partial charge in [0.1, 0.15) is 5.76 Å². The van der Waals surface area contributed by atoms with Crippen molar-refractivity contribution in [2.24, 2.45) is 4.99 Å². The van der Waals surface area contributed by atoms with Crippen LogP contribution in [-0.4, -0.2) is 44.9 Å². The fourth-order valence-corrected chi connectivity index (χ4v) is 4.92. The molecule has 1 fully saturated rings. The predicted molar refractivity (Wildman–Crippen MR) is 114 cm³/mol. The van der Waals surface area contributed by atoms with Crippen molar-refractivity contribution in [3.05, 3.63) is 54.0 Å².